The number of nitrogens with one attached hydrogen (secondary N) is 2. The average molecular weight is 312 g/mol. The highest BCUT2D eigenvalue weighted by atomic mass is 16.2. The minimum atomic E-state index is -0.393. The van der Waals surface area contributed by atoms with Crippen LogP contribution >= 0.6 is 0 Å². The molecular formula is C15H16N6O2. The van der Waals surface area contributed by atoms with Gasteiger partial charge in [0.1, 0.15) is 18.9 Å². The minimum Gasteiger partial charge on any atom is -0.345 e. The Bertz CT molecular complexity index is 754. The number of hydrogen-bond acceptors (Lipinski definition) is 5. The second-order valence-electron chi connectivity index (χ2n) is 4.97. The third kappa shape index (κ3) is 4.38. The van der Waals surface area contributed by atoms with Gasteiger partial charge in [0.25, 0.3) is 5.82 Å². The maximum Gasteiger partial charge on any atom is 0.252 e. The summed E-state index contributed by atoms with van der Waals surface area (Å²) in [6.07, 6.45) is 1.29. The molecule has 2 amide bonds. The molecule has 1 heterocycles. The second-order valence-corrected chi connectivity index (χ2v) is 4.97. The first-order valence-corrected chi connectivity index (χ1v) is 6.92. The maximum absolute atomic E-state index is 11.9. The number of para-hydroxylation sites is 1. The molecule has 2 rings (SSSR count). The molecule has 23 heavy (non-hydrogen) atoms. The zero-order valence-electron chi connectivity index (χ0n) is 12.8. The summed E-state index contributed by atoms with van der Waals surface area (Å²) in [5.41, 5.74) is 2.66. The molecule has 0 aliphatic rings. The highest BCUT2D eigenvalue weighted by Crippen LogP contribution is 2.18. The summed E-state index contributed by atoms with van der Waals surface area (Å²) in [4.78, 5) is 27.3. The fourth-order valence-corrected chi connectivity index (χ4v) is 2.00. The first-order valence-electron chi connectivity index (χ1n) is 6.92. The molecule has 0 unspecified atom stereocenters. The number of aromatic nitrogens is 3. The van der Waals surface area contributed by atoms with E-state index in [1.54, 1.807) is 6.07 Å². The van der Waals surface area contributed by atoms with E-state index in [4.69, 9.17) is 5.26 Å². The van der Waals surface area contributed by atoms with Crippen molar-refractivity contribution in [1.82, 2.24) is 20.1 Å². The smallest absolute Gasteiger partial charge is 0.252 e. The Hall–Kier alpha value is -3.21. The lowest BCUT2D eigenvalue weighted by atomic mass is 10.1. The number of rotatable bonds is 5. The van der Waals surface area contributed by atoms with Crippen LogP contribution in [0.2, 0.25) is 0 Å². The number of carbonyl (C=O) groups excluding carboxylic acids is 2. The Morgan fingerprint density at radius 3 is 2.57 bits per heavy atom. The molecule has 8 heteroatoms. The molecule has 0 aliphatic carbocycles. The van der Waals surface area contributed by atoms with Crippen LogP contribution in [0.15, 0.2) is 24.5 Å². The molecule has 2 N–H and O–H groups in total. The van der Waals surface area contributed by atoms with E-state index in [0.717, 1.165) is 16.8 Å². The standard InChI is InChI=1S/C15H16N6O2/c1-10-4-3-5-11(2)15(10)19-13(22)7-17-14(23)8-21-9-18-12(6-16)20-21/h3-5,9H,7-8H2,1-2H3,(H,17,23)(H,19,22). The Morgan fingerprint density at radius 2 is 1.96 bits per heavy atom. The lowest BCUT2D eigenvalue weighted by Crippen LogP contribution is -2.35. The van der Waals surface area contributed by atoms with Crippen LogP contribution in [0.1, 0.15) is 17.0 Å². The van der Waals surface area contributed by atoms with Gasteiger partial charge in [0, 0.05) is 5.69 Å². The normalized spacial score (nSPS) is 9.96. The van der Waals surface area contributed by atoms with Crippen LogP contribution < -0.4 is 10.6 Å². The van der Waals surface area contributed by atoms with Gasteiger partial charge in [-0.2, -0.15) is 5.26 Å². The largest absolute Gasteiger partial charge is 0.345 e. The lowest BCUT2D eigenvalue weighted by molar-refractivity contribution is -0.124. The molecule has 118 valence electrons. The quantitative estimate of drug-likeness (QED) is 0.836. The summed E-state index contributed by atoms with van der Waals surface area (Å²) < 4.78 is 1.23. The molecule has 8 nitrogen and oxygen atoms in total. The van der Waals surface area contributed by atoms with E-state index in [2.05, 4.69) is 20.7 Å². The van der Waals surface area contributed by atoms with Gasteiger partial charge in [-0.25, -0.2) is 9.67 Å². The van der Waals surface area contributed by atoms with Gasteiger partial charge >= 0.3 is 0 Å². The summed E-state index contributed by atoms with van der Waals surface area (Å²) in [5.74, 6) is -0.714. The SMILES string of the molecule is Cc1cccc(C)c1NC(=O)CNC(=O)Cn1cnc(C#N)n1. The Labute approximate surface area is 133 Å². The van der Waals surface area contributed by atoms with Crippen molar-refractivity contribution in [2.75, 3.05) is 11.9 Å². The summed E-state index contributed by atoms with van der Waals surface area (Å²) >= 11 is 0. The number of anilines is 1. The van der Waals surface area contributed by atoms with Crippen LogP contribution in [0.4, 0.5) is 5.69 Å². The van der Waals surface area contributed by atoms with E-state index in [1.165, 1.54) is 11.0 Å². The predicted octanol–water partition coefficient (Wildman–Crippen LogP) is 0.522. The highest BCUT2D eigenvalue weighted by Gasteiger charge is 2.10. The molecule has 0 fully saturated rings. The van der Waals surface area contributed by atoms with Gasteiger partial charge in [-0.3, -0.25) is 9.59 Å². The number of amides is 2. The van der Waals surface area contributed by atoms with Crippen molar-refractivity contribution in [3.8, 4) is 6.07 Å². The van der Waals surface area contributed by atoms with Crippen LogP contribution in [0.3, 0.4) is 0 Å². The van der Waals surface area contributed by atoms with Crippen molar-refractivity contribution in [3.63, 3.8) is 0 Å². The van der Waals surface area contributed by atoms with Crippen LogP contribution in [0.25, 0.3) is 0 Å². The maximum atomic E-state index is 11.9. The van der Waals surface area contributed by atoms with Gasteiger partial charge in [-0.15, -0.1) is 5.10 Å². The van der Waals surface area contributed by atoms with Gasteiger partial charge < -0.3 is 10.6 Å². The highest BCUT2D eigenvalue weighted by molar-refractivity contribution is 5.95. The van der Waals surface area contributed by atoms with Crippen molar-refractivity contribution >= 4 is 17.5 Å². The molecule has 2 aromatic rings. The van der Waals surface area contributed by atoms with E-state index in [1.807, 2.05) is 32.0 Å². The summed E-state index contributed by atoms with van der Waals surface area (Å²) in [7, 11) is 0. The minimum absolute atomic E-state index is 0.00873. The Balaban J connectivity index is 1.84. The topological polar surface area (TPSA) is 113 Å². The molecule has 0 spiro atoms. The molecule has 1 aromatic heterocycles. The zero-order valence-corrected chi connectivity index (χ0v) is 12.8. The second kappa shape index (κ2) is 7.17. The van der Waals surface area contributed by atoms with Gasteiger partial charge in [0.05, 0.1) is 6.54 Å². The van der Waals surface area contributed by atoms with Crippen LogP contribution in [-0.2, 0) is 16.1 Å². The van der Waals surface area contributed by atoms with Crippen LogP contribution in [0, 0.1) is 25.2 Å². The van der Waals surface area contributed by atoms with E-state index >= 15 is 0 Å². The molecule has 0 aliphatic heterocycles. The number of nitriles is 1. The van der Waals surface area contributed by atoms with Gasteiger partial charge in [-0.05, 0) is 25.0 Å². The monoisotopic (exact) mass is 312 g/mol. The number of carbonyl (C=O) groups is 2. The average Bonchev–Trinajstić information content (AvgIpc) is 2.96. The molecular weight excluding hydrogens is 296 g/mol. The third-order valence-electron chi connectivity index (χ3n) is 3.13. The number of aryl methyl sites for hydroxylation is 2. The summed E-state index contributed by atoms with van der Waals surface area (Å²) in [5, 5.41) is 17.6. The van der Waals surface area contributed by atoms with Crippen molar-refractivity contribution in [3.05, 3.63) is 41.5 Å². The fourth-order valence-electron chi connectivity index (χ4n) is 2.00. The molecule has 0 atom stereocenters. The van der Waals surface area contributed by atoms with Gasteiger partial charge in [0.15, 0.2) is 0 Å². The van der Waals surface area contributed by atoms with Crippen molar-refractivity contribution in [2.45, 2.75) is 20.4 Å². The van der Waals surface area contributed by atoms with E-state index in [9.17, 15) is 9.59 Å². The first-order chi connectivity index (χ1) is 11.0. The van der Waals surface area contributed by atoms with Crippen LogP contribution in [-0.4, -0.2) is 33.1 Å². The molecule has 1 aromatic carbocycles. The molecule has 0 saturated heterocycles. The molecule has 0 saturated carbocycles. The number of nitrogens with zero attached hydrogens (tertiary/aromatic N) is 4. The third-order valence-corrected chi connectivity index (χ3v) is 3.13. The van der Waals surface area contributed by atoms with Gasteiger partial charge in [0.2, 0.25) is 11.8 Å². The summed E-state index contributed by atoms with van der Waals surface area (Å²) in [6.45, 7) is 3.55. The number of benzene rings is 1. The molecule has 0 bridgehead atoms. The van der Waals surface area contributed by atoms with Crippen LogP contribution in [0.5, 0.6) is 0 Å². The summed E-state index contributed by atoms with van der Waals surface area (Å²) in [6, 6.07) is 7.49. The van der Waals surface area contributed by atoms with Crippen molar-refractivity contribution < 1.29 is 9.59 Å². The van der Waals surface area contributed by atoms with E-state index < -0.39 is 5.91 Å². The van der Waals surface area contributed by atoms with Gasteiger partial charge in [-0.1, -0.05) is 18.2 Å². The fraction of sp³-hybridized carbons (Fsp3) is 0.267. The Morgan fingerprint density at radius 1 is 1.26 bits per heavy atom. The lowest BCUT2D eigenvalue weighted by Gasteiger charge is -2.11. The molecule has 0 radical (unpaired) electrons. The van der Waals surface area contributed by atoms with Crippen molar-refractivity contribution in [2.24, 2.45) is 0 Å². The Kier molecular flexibility index (Phi) is 5.04. The number of hydrogen-bond donors (Lipinski definition) is 2. The van der Waals surface area contributed by atoms with E-state index in [0.29, 0.717) is 0 Å². The predicted molar refractivity (Wildman–Crippen MR) is 82.3 cm³/mol. The van der Waals surface area contributed by atoms with Crippen molar-refractivity contribution in [1.29, 1.82) is 5.26 Å². The first kappa shape index (κ1) is 16.2. The zero-order chi connectivity index (χ0) is 16.8. The van der Waals surface area contributed by atoms with E-state index in [-0.39, 0.29) is 24.8 Å².